The fourth-order valence-electron chi connectivity index (χ4n) is 4.46. The van der Waals surface area contributed by atoms with Gasteiger partial charge in [0.1, 0.15) is 5.75 Å². The first-order chi connectivity index (χ1) is 16.4. The van der Waals surface area contributed by atoms with Crippen LogP contribution in [0.1, 0.15) is 56.8 Å². The van der Waals surface area contributed by atoms with E-state index < -0.39 is 15.9 Å². The molecule has 0 radical (unpaired) electrons. The molecule has 3 aromatic rings. The highest BCUT2D eigenvalue weighted by molar-refractivity contribution is 7.89. The number of ether oxygens (including phenoxy) is 1. The number of sulfonamides is 1. The maximum atomic E-state index is 13.2. The molecule has 1 aromatic heterocycles. The summed E-state index contributed by atoms with van der Waals surface area (Å²) < 4.78 is 36.6. The van der Waals surface area contributed by atoms with Gasteiger partial charge in [0.25, 0.3) is 5.91 Å². The molecule has 182 valence electrons. The number of piperidine rings is 1. The summed E-state index contributed by atoms with van der Waals surface area (Å²) in [6, 6.07) is 12.0. The minimum Gasteiger partial charge on any atom is -0.494 e. The van der Waals surface area contributed by atoms with E-state index in [0.29, 0.717) is 30.1 Å². The maximum absolute atomic E-state index is 13.2. The molecule has 1 unspecified atom stereocenters. The SMILES string of the molecule is CCOc1ccc2c(c1)sc(=NC(=O)c1ccc(S(=O)(=O)N3CCCCC3CC)cc1)n2CC. The van der Waals surface area contributed by atoms with Crippen LogP contribution in [0.5, 0.6) is 5.75 Å². The Hall–Kier alpha value is -2.49. The Morgan fingerprint density at radius 1 is 1.12 bits per heavy atom. The number of aromatic nitrogens is 1. The first-order valence-corrected chi connectivity index (χ1v) is 14.1. The van der Waals surface area contributed by atoms with E-state index in [1.165, 1.54) is 23.5 Å². The molecule has 0 N–H and O–H groups in total. The van der Waals surface area contributed by atoms with E-state index in [4.69, 9.17) is 4.74 Å². The number of carbonyl (C=O) groups is 1. The monoisotopic (exact) mass is 501 g/mol. The van der Waals surface area contributed by atoms with E-state index in [-0.39, 0.29) is 10.9 Å². The smallest absolute Gasteiger partial charge is 0.279 e. The van der Waals surface area contributed by atoms with Crippen molar-refractivity contribution in [3.05, 3.63) is 52.8 Å². The van der Waals surface area contributed by atoms with Gasteiger partial charge < -0.3 is 9.30 Å². The highest BCUT2D eigenvalue weighted by atomic mass is 32.2. The topological polar surface area (TPSA) is 81.0 Å². The van der Waals surface area contributed by atoms with Crippen LogP contribution in [0.15, 0.2) is 52.4 Å². The van der Waals surface area contributed by atoms with Crippen LogP contribution in [0.4, 0.5) is 0 Å². The van der Waals surface area contributed by atoms with E-state index in [1.807, 2.05) is 43.5 Å². The van der Waals surface area contributed by atoms with Crippen LogP contribution in [0.25, 0.3) is 10.2 Å². The molecule has 34 heavy (non-hydrogen) atoms. The number of hydrogen-bond donors (Lipinski definition) is 0. The van der Waals surface area contributed by atoms with Crippen LogP contribution >= 0.6 is 11.3 Å². The van der Waals surface area contributed by atoms with Crippen molar-refractivity contribution >= 4 is 37.5 Å². The first-order valence-electron chi connectivity index (χ1n) is 11.9. The van der Waals surface area contributed by atoms with Crippen LogP contribution in [-0.2, 0) is 16.6 Å². The predicted molar refractivity (Wildman–Crippen MR) is 135 cm³/mol. The largest absolute Gasteiger partial charge is 0.494 e. The van der Waals surface area contributed by atoms with Gasteiger partial charge in [0.2, 0.25) is 10.0 Å². The van der Waals surface area contributed by atoms with E-state index in [2.05, 4.69) is 4.99 Å². The van der Waals surface area contributed by atoms with Gasteiger partial charge in [-0.2, -0.15) is 9.30 Å². The molecule has 1 fully saturated rings. The summed E-state index contributed by atoms with van der Waals surface area (Å²) in [5.74, 6) is 0.389. The second-order valence-electron chi connectivity index (χ2n) is 8.31. The molecule has 1 amide bonds. The van der Waals surface area contributed by atoms with Gasteiger partial charge in [0.05, 0.1) is 21.7 Å². The molecule has 4 rings (SSSR count). The summed E-state index contributed by atoms with van der Waals surface area (Å²) in [4.78, 5) is 18.1. The molecule has 1 saturated heterocycles. The van der Waals surface area contributed by atoms with Crippen molar-refractivity contribution in [2.75, 3.05) is 13.2 Å². The Labute approximate surface area is 204 Å². The third kappa shape index (κ3) is 4.82. The van der Waals surface area contributed by atoms with Crippen molar-refractivity contribution in [3.8, 4) is 5.75 Å². The number of benzene rings is 2. The molecule has 0 spiro atoms. The predicted octanol–water partition coefficient (Wildman–Crippen LogP) is 4.82. The van der Waals surface area contributed by atoms with E-state index in [1.54, 1.807) is 16.4 Å². The lowest BCUT2D eigenvalue weighted by Crippen LogP contribution is -2.43. The average molecular weight is 502 g/mol. The second kappa shape index (κ2) is 10.4. The molecule has 0 aliphatic carbocycles. The van der Waals surface area contributed by atoms with Gasteiger partial charge in [0, 0.05) is 24.7 Å². The molecular formula is C25H31N3O4S2. The molecular weight excluding hydrogens is 470 g/mol. The van der Waals surface area contributed by atoms with Gasteiger partial charge >= 0.3 is 0 Å². The normalized spacial score (nSPS) is 17.9. The van der Waals surface area contributed by atoms with Crippen molar-refractivity contribution < 1.29 is 17.9 Å². The zero-order chi connectivity index (χ0) is 24.3. The standard InChI is InChI=1S/C25H31N3O4S2/c1-4-19-9-7-8-16-28(19)34(30,31)21-13-10-18(11-14-21)24(29)26-25-27(5-2)22-15-12-20(32-6-3)17-23(22)33-25/h10-15,17,19H,4-9,16H2,1-3H3. The Morgan fingerprint density at radius 2 is 1.88 bits per heavy atom. The highest BCUT2D eigenvalue weighted by Crippen LogP contribution is 2.27. The number of rotatable bonds is 7. The van der Waals surface area contributed by atoms with Gasteiger partial charge in [-0.3, -0.25) is 4.79 Å². The summed E-state index contributed by atoms with van der Waals surface area (Å²) >= 11 is 1.43. The minimum absolute atomic E-state index is 0.0377. The molecule has 2 aromatic carbocycles. The Kier molecular flexibility index (Phi) is 7.54. The van der Waals surface area contributed by atoms with E-state index in [9.17, 15) is 13.2 Å². The minimum atomic E-state index is -3.58. The lowest BCUT2D eigenvalue weighted by atomic mass is 10.0. The average Bonchev–Trinajstić information content (AvgIpc) is 3.20. The van der Waals surface area contributed by atoms with Gasteiger partial charge in [-0.25, -0.2) is 8.42 Å². The van der Waals surface area contributed by atoms with Crippen LogP contribution in [0.3, 0.4) is 0 Å². The van der Waals surface area contributed by atoms with Crippen LogP contribution in [0, 0.1) is 0 Å². The molecule has 9 heteroatoms. The number of nitrogens with zero attached hydrogens (tertiary/aromatic N) is 3. The second-order valence-corrected chi connectivity index (χ2v) is 11.2. The summed E-state index contributed by atoms with van der Waals surface area (Å²) in [6.45, 7) is 7.78. The van der Waals surface area contributed by atoms with E-state index in [0.717, 1.165) is 41.6 Å². The van der Waals surface area contributed by atoms with Gasteiger partial charge in [-0.15, -0.1) is 0 Å². The molecule has 1 atom stereocenters. The molecule has 1 aliphatic rings. The molecule has 2 heterocycles. The summed E-state index contributed by atoms with van der Waals surface area (Å²) in [5.41, 5.74) is 1.36. The third-order valence-corrected chi connectivity index (χ3v) is 9.24. The van der Waals surface area contributed by atoms with Crippen LogP contribution < -0.4 is 9.54 Å². The number of fused-ring (bicyclic) bond motifs is 1. The van der Waals surface area contributed by atoms with Crippen molar-refractivity contribution in [2.24, 2.45) is 4.99 Å². The molecule has 7 nitrogen and oxygen atoms in total. The van der Waals surface area contributed by atoms with Crippen molar-refractivity contribution in [3.63, 3.8) is 0 Å². The Balaban J connectivity index is 1.62. The van der Waals surface area contributed by atoms with Crippen LogP contribution in [-0.4, -0.2) is 42.4 Å². The third-order valence-electron chi connectivity index (χ3n) is 6.23. The maximum Gasteiger partial charge on any atom is 0.279 e. The van der Waals surface area contributed by atoms with E-state index >= 15 is 0 Å². The molecule has 0 bridgehead atoms. The van der Waals surface area contributed by atoms with Crippen molar-refractivity contribution in [2.45, 2.75) is 63.9 Å². The number of carbonyl (C=O) groups excluding carboxylic acids is 1. The summed E-state index contributed by atoms with van der Waals surface area (Å²) in [5, 5.41) is 0. The summed E-state index contributed by atoms with van der Waals surface area (Å²) in [6.07, 6.45) is 3.63. The van der Waals surface area contributed by atoms with Crippen LogP contribution in [0.2, 0.25) is 0 Å². The summed E-state index contributed by atoms with van der Waals surface area (Å²) in [7, 11) is -3.58. The Morgan fingerprint density at radius 3 is 2.56 bits per heavy atom. The van der Waals surface area contributed by atoms with Gasteiger partial charge in [-0.05, 0) is 75.6 Å². The molecule has 1 aliphatic heterocycles. The first kappa shape index (κ1) is 24.6. The zero-order valence-electron chi connectivity index (χ0n) is 19.9. The lowest BCUT2D eigenvalue weighted by Gasteiger charge is -2.34. The molecule has 0 saturated carbocycles. The number of amides is 1. The van der Waals surface area contributed by atoms with Crippen molar-refractivity contribution in [1.82, 2.24) is 8.87 Å². The highest BCUT2D eigenvalue weighted by Gasteiger charge is 2.32. The Bertz CT molecular complexity index is 1340. The zero-order valence-corrected chi connectivity index (χ0v) is 21.5. The number of thiazole rings is 1. The number of aryl methyl sites for hydroxylation is 1. The van der Waals surface area contributed by atoms with Gasteiger partial charge in [-0.1, -0.05) is 24.7 Å². The van der Waals surface area contributed by atoms with Crippen molar-refractivity contribution in [1.29, 1.82) is 0 Å². The lowest BCUT2D eigenvalue weighted by molar-refractivity contribution is 0.0997. The number of hydrogen-bond acceptors (Lipinski definition) is 5. The van der Waals surface area contributed by atoms with Gasteiger partial charge in [0.15, 0.2) is 4.80 Å². The fourth-order valence-corrected chi connectivity index (χ4v) is 7.34. The quantitative estimate of drug-likeness (QED) is 0.465. The fraction of sp³-hybridized carbons (Fsp3) is 0.440.